The van der Waals surface area contributed by atoms with E-state index in [1.54, 1.807) is 0 Å². The second kappa shape index (κ2) is 5.72. The molecule has 2 nitrogen and oxygen atoms in total. The molecule has 0 aromatic carbocycles. The molecule has 2 heteroatoms. The van der Waals surface area contributed by atoms with E-state index in [2.05, 4.69) is 45.3 Å². The lowest BCUT2D eigenvalue weighted by atomic mass is 9.69. The van der Waals surface area contributed by atoms with E-state index in [9.17, 15) is 0 Å². The Balaban J connectivity index is 3.67. The summed E-state index contributed by atoms with van der Waals surface area (Å²) in [6.07, 6.45) is 1.21. The Labute approximate surface area is 89.9 Å². The van der Waals surface area contributed by atoms with Gasteiger partial charge in [0.25, 0.3) is 0 Å². The molecule has 86 valence electrons. The summed E-state index contributed by atoms with van der Waals surface area (Å²) in [5.41, 5.74) is 0.718. The number of hydrogen-bond donors (Lipinski definition) is 2. The summed E-state index contributed by atoms with van der Waals surface area (Å²) in [5.74, 6) is 0. The van der Waals surface area contributed by atoms with E-state index in [4.69, 9.17) is 0 Å². The monoisotopic (exact) mass is 200 g/mol. The van der Waals surface area contributed by atoms with Crippen LogP contribution in [0.2, 0.25) is 0 Å². The first-order valence-corrected chi connectivity index (χ1v) is 5.66. The smallest absolute Gasteiger partial charge is 0.000753 e. The van der Waals surface area contributed by atoms with E-state index < -0.39 is 0 Å². The van der Waals surface area contributed by atoms with E-state index in [0.717, 1.165) is 19.6 Å². The van der Waals surface area contributed by atoms with Crippen molar-refractivity contribution in [3.63, 3.8) is 0 Å². The van der Waals surface area contributed by atoms with Gasteiger partial charge in [-0.15, -0.1) is 0 Å². The highest BCUT2D eigenvalue weighted by Crippen LogP contribution is 2.36. The molecule has 0 rings (SSSR count). The van der Waals surface area contributed by atoms with E-state index in [1.165, 1.54) is 6.42 Å². The molecule has 0 aliphatic heterocycles. The predicted molar refractivity (Wildman–Crippen MR) is 64.6 cm³/mol. The highest BCUT2D eigenvalue weighted by molar-refractivity contribution is 4.84. The van der Waals surface area contributed by atoms with Crippen LogP contribution in [0, 0.1) is 10.8 Å². The van der Waals surface area contributed by atoms with Crippen molar-refractivity contribution in [3.8, 4) is 0 Å². The first-order chi connectivity index (χ1) is 6.31. The van der Waals surface area contributed by atoms with E-state index in [1.807, 2.05) is 7.05 Å². The van der Waals surface area contributed by atoms with Crippen LogP contribution in [-0.2, 0) is 0 Å². The summed E-state index contributed by atoms with van der Waals surface area (Å²) in [6, 6.07) is 0. The van der Waals surface area contributed by atoms with Crippen LogP contribution in [-0.4, -0.2) is 26.7 Å². The normalized spacial score (nSPS) is 13.3. The van der Waals surface area contributed by atoms with Gasteiger partial charge in [-0.25, -0.2) is 0 Å². The second-order valence-electron chi connectivity index (χ2n) is 5.77. The van der Waals surface area contributed by atoms with E-state index in [0.29, 0.717) is 10.8 Å². The number of nitrogens with one attached hydrogen (secondary N) is 2. The SMILES string of the molecule is CNCCCNCC(C)(C)C(C)(C)C. The van der Waals surface area contributed by atoms with E-state index >= 15 is 0 Å². The largest absolute Gasteiger partial charge is 0.320 e. The van der Waals surface area contributed by atoms with Crippen LogP contribution in [0.15, 0.2) is 0 Å². The van der Waals surface area contributed by atoms with Crippen molar-refractivity contribution in [2.75, 3.05) is 26.7 Å². The van der Waals surface area contributed by atoms with Crippen LogP contribution < -0.4 is 10.6 Å². The molecule has 0 amide bonds. The third-order valence-corrected chi connectivity index (χ3v) is 3.38. The lowest BCUT2D eigenvalue weighted by Crippen LogP contribution is -2.40. The Bertz CT molecular complexity index is 145. The maximum Gasteiger partial charge on any atom is 0.000753 e. The van der Waals surface area contributed by atoms with Gasteiger partial charge in [0.2, 0.25) is 0 Å². The van der Waals surface area contributed by atoms with Gasteiger partial charge in [0.15, 0.2) is 0 Å². The minimum Gasteiger partial charge on any atom is -0.320 e. The Morgan fingerprint density at radius 2 is 1.50 bits per heavy atom. The van der Waals surface area contributed by atoms with Crippen molar-refractivity contribution >= 4 is 0 Å². The standard InChI is InChI=1S/C12H28N2/c1-11(2,3)12(4,5)10-14-9-7-8-13-6/h13-14H,7-10H2,1-6H3. The molecule has 0 aliphatic carbocycles. The van der Waals surface area contributed by atoms with Crippen molar-refractivity contribution in [2.45, 2.75) is 41.0 Å². The molecule has 0 bridgehead atoms. The fraction of sp³-hybridized carbons (Fsp3) is 1.00. The first-order valence-electron chi connectivity index (χ1n) is 5.66. The summed E-state index contributed by atoms with van der Waals surface area (Å²) in [5, 5.41) is 6.68. The maximum absolute atomic E-state index is 3.53. The van der Waals surface area contributed by atoms with Crippen LogP contribution in [0.25, 0.3) is 0 Å². The third-order valence-electron chi connectivity index (χ3n) is 3.38. The molecule has 0 saturated carbocycles. The molecular weight excluding hydrogens is 172 g/mol. The minimum atomic E-state index is 0.354. The molecule has 0 aliphatic rings. The molecule has 0 aromatic heterocycles. The van der Waals surface area contributed by atoms with Crippen molar-refractivity contribution in [2.24, 2.45) is 10.8 Å². The van der Waals surface area contributed by atoms with Crippen LogP contribution in [0.4, 0.5) is 0 Å². The second-order valence-corrected chi connectivity index (χ2v) is 5.77. The van der Waals surface area contributed by atoms with Crippen molar-refractivity contribution in [1.82, 2.24) is 10.6 Å². The first kappa shape index (κ1) is 13.9. The molecule has 0 atom stereocenters. The molecule has 0 radical (unpaired) electrons. The van der Waals surface area contributed by atoms with Gasteiger partial charge in [0, 0.05) is 6.54 Å². The fourth-order valence-electron chi connectivity index (χ4n) is 1.06. The quantitative estimate of drug-likeness (QED) is 0.643. The molecule has 0 saturated heterocycles. The van der Waals surface area contributed by atoms with Gasteiger partial charge in [-0.05, 0) is 37.4 Å². The van der Waals surface area contributed by atoms with Crippen molar-refractivity contribution in [1.29, 1.82) is 0 Å². The van der Waals surface area contributed by atoms with Gasteiger partial charge in [-0.3, -0.25) is 0 Å². The highest BCUT2D eigenvalue weighted by atomic mass is 14.9. The Morgan fingerprint density at radius 3 is 1.93 bits per heavy atom. The Morgan fingerprint density at radius 1 is 0.929 bits per heavy atom. The van der Waals surface area contributed by atoms with Gasteiger partial charge >= 0.3 is 0 Å². The molecule has 0 unspecified atom stereocenters. The number of rotatable bonds is 6. The molecule has 0 heterocycles. The van der Waals surface area contributed by atoms with Crippen LogP contribution in [0.3, 0.4) is 0 Å². The van der Waals surface area contributed by atoms with Crippen LogP contribution in [0.5, 0.6) is 0 Å². The summed E-state index contributed by atoms with van der Waals surface area (Å²) in [7, 11) is 2.00. The topological polar surface area (TPSA) is 24.1 Å². The molecule has 0 spiro atoms. The average molecular weight is 200 g/mol. The molecule has 2 N–H and O–H groups in total. The van der Waals surface area contributed by atoms with Crippen molar-refractivity contribution < 1.29 is 0 Å². The average Bonchev–Trinajstić information content (AvgIpc) is 2.02. The number of hydrogen-bond acceptors (Lipinski definition) is 2. The minimum absolute atomic E-state index is 0.354. The van der Waals surface area contributed by atoms with Crippen LogP contribution >= 0.6 is 0 Å². The van der Waals surface area contributed by atoms with Gasteiger partial charge in [0.05, 0.1) is 0 Å². The zero-order valence-electron chi connectivity index (χ0n) is 10.8. The highest BCUT2D eigenvalue weighted by Gasteiger charge is 2.31. The Hall–Kier alpha value is -0.0800. The summed E-state index contributed by atoms with van der Waals surface area (Å²) >= 11 is 0. The molecule has 0 aromatic rings. The lowest BCUT2D eigenvalue weighted by Gasteiger charge is -2.39. The van der Waals surface area contributed by atoms with Crippen molar-refractivity contribution in [3.05, 3.63) is 0 Å². The van der Waals surface area contributed by atoms with Gasteiger partial charge in [-0.2, -0.15) is 0 Å². The lowest BCUT2D eigenvalue weighted by molar-refractivity contribution is 0.129. The third kappa shape index (κ3) is 4.97. The van der Waals surface area contributed by atoms with Gasteiger partial charge < -0.3 is 10.6 Å². The molecule has 14 heavy (non-hydrogen) atoms. The fourth-order valence-corrected chi connectivity index (χ4v) is 1.06. The van der Waals surface area contributed by atoms with Crippen LogP contribution in [0.1, 0.15) is 41.0 Å². The summed E-state index contributed by atoms with van der Waals surface area (Å²) < 4.78 is 0. The zero-order chi connectivity index (χ0) is 11.2. The molecule has 0 fully saturated rings. The van der Waals surface area contributed by atoms with Gasteiger partial charge in [-0.1, -0.05) is 34.6 Å². The Kier molecular flexibility index (Phi) is 5.68. The van der Waals surface area contributed by atoms with Gasteiger partial charge in [0.1, 0.15) is 0 Å². The maximum atomic E-state index is 3.53. The zero-order valence-corrected chi connectivity index (χ0v) is 10.8. The summed E-state index contributed by atoms with van der Waals surface area (Å²) in [4.78, 5) is 0. The molecular formula is C12H28N2. The summed E-state index contributed by atoms with van der Waals surface area (Å²) in [6.45, 7) is 14.9. The van der Waals surface area contributed by atoms with E-state index in [-0.39, 0.29) is 0 Å². The predicted octanol–water partition coefficient (Wildman–Crippen LogP) is 2.26.